The number of anilines is 2. The molecule has 1 heterocycles. The Hall–Kier alpha value is -2.02. The molecule has 0 bridgehead atoms. The fourth-order valence-electron chi connectivity index (χ4n) is 1.88. The molecule has 1 aromatic heterocycles. The highest BCUT2D eigenvalue weighted by Crippen LogP contribution is 2.36. The molecule has 0 fully saturated rings. The van der Waals surface area contributed by atoms with E-state index >= 15 is 0 Å². The van der Waals surface area contributed by atoms with Gasteiger partial charge in [0.15, 0.2) is 0 Å². The zero-order valence-corrected chi connectivity index (χ0v) is 11.9. The zero-order chi connectivity index (χ0) is 15.5. The normalized spacial score (nSPS) is 11.2. The minimum atomic E-state index is -4.52. The molecular weight excluding hydrogens is 301 g/mol. The molecular formula is C14H13F3N2OS. The van der Waals surface area contributed by atoms with Gasteiger partial charge in [-0.2, -0.15) is 24.5 Å². The molecule has 21 heavy (non-hydrogen) atoms. The standard InChI is InChI=1S/C14H13F3N2OS/c1-2-18-12-10(4-3-5-11(12)14(15,16)17)13(20)19-9-6-7-21-8-9/h3-8,18H,2H2,1H3,(H,19,20). The Morgan fingerprint density at radius 3 is 2.62 bits per heavy atom. The number of rotatable bonds is 4. The van der Waals surface area contributed by atoms with Crippen LogP contribution in [0.3, 0.4) is 0 Å². The molecule has 1 amide bonds. The number of alkyl halides is 3. The van der Waals surface area contributed by atoms with Crippen LogP contribution in [0.2, 0.25) is 0 Å². The van der Waals surface area contributed by atoms with Crippen molar-refractivity contribution in [2.45, 2.75) is 13.1 Å². The van der Waals surface area contributed by atoms with Crippen molar-refractivity contribution in [3.8, 4) is 0 Å². The number of hydrogen-bond donors (Lipinski definition) is 2. The molecule has 2 N–H and O–H groups in total. The third-order valence-electron chi connectivity index (χ3n) is 2.75. The van der Waals surface area contributed by atoms with Crippen LogP contribution >= 0.6 is 11.3 Å². The number of amides is 1. The van der Waals surface area contributed by atoms with Gasteiger partial charge in [-0.3, -0.25) is 4.79 Å². The zero-order valence-electron chi connectivity index (χ0n) is 11.1. The molecule has 0 aliphatic rings. The van der Waals surface area contributed by atoms with Crippen LogP contribution in [-0.4, -0.2) is 12.5 Å². The third kappa shape index (κ3) is 3.55. The SMILES string of the molecule is CCNc1c(C(=O)Nc2ccsc2)cccc1C(F)(F)F. The van der Waals surface area contributed by atoms with Gasteiger partial charge in [0.1, 0.15) is 0 Å². The lowest BCUT2D eigenvalue weighted by molar-refractivity contribution is -0.136. The van der Waals surface area contributed by atoms with E-state index in [2.05, 4.69) is 10.6 Å². The molecule has 112 valence electrons. The fraction of sp³-hybridized carbons (Fsp3) is 0.214. The Bertz CT molecular complexity index is 624. The Kier molecular flexibility index (Phi) is 4.52. The molecule has 2 aromatic rings. The van der Waals surface area contributed by atoms with Crippen molar-refractivity contribution in [1.29, 1.82) is 0 Å². The van der Waals surface area contributed by atoms with Crippen LogP contribution in [0, 0.1) is 0 Å². The van der Waals surface area contributed by atoms with Crippen molar-refractivity contribution in [2.75, 3.05) is 17.2 Å². The molecule has 0 saturated heterocycles. The lowest BCUT2D eigenvalue weighted by atomic mass is 10.1. The second-order valence-corrected chi connectivity index (χ2v) is 5.00. The minimum Gasteiger partial charge on any atom is -0.384 e. The maximum absolute atomic E-state index is 13.0. The number of carbonyl (C=O) groups is 1. The van der Waals surface area contributed by atoms with Crippen molar-refractivity contribution in [3.63, 3.8) is 0 Å². The van der Waals surface area contributed by atoms with E-state index in [1.54, 1.807) is 23.8 Å². The second kappa shape index (κ2) is 6.17. The predicted octanol–water partition coefficient (Wildman–Crippen LogP) is 4.45. The summed E-state index contributed by atoms with van der Waals surface area (Å²) in [5.74, 6) is -0.574. The van der Waals surface area contributed by atoms with E-state index in [-0.39, 0.29) is 17.8 Å². The van der Waals surface area contributed by atoms with Crippen molar-refractivity contribution in [1.82, 2.24) is 0 Å². The van der Waals surface area contributed by atoms with Crippen LogP contribution in [-0.2, 0) is 6.18 Å². The molecule has 0 radical (unpaired) electrons. The molecule has 2 rings (SSSR count). The van der Waals surface area contributed by atoms with Crippen molar-refractivity contribution in [2.24, 2.45) is 0 Å². The first kappa shape index (κ1) is 15.4. The Labute approximate surface area is 123 Å². The van der Waals surface area contributed by atoms with Crippen molar-refractivity contribution in [3.05, 3.63) is 46.2 Å². The average molecular weight is 314 g/mol. The maximum Gasteiger partial charge on any atom is 0.418 e. The first-order valence-electron chi connectivity index (χ1n) is 6.21. The molecule has 0 saturated carbocycles. The number of benzene rings is 1. The summed E-state index contributed by atoms with van der Waals surface area (Å²) in [6.07, 6.45) is -4.52. The first-order valence-corrected chi connectivity index (χ1v) is 7.15. The van der Waals surface area contributed by atoms with Gasteiger partial charge < -0.3 is 10.6 Å². The van der Waals surface area contributed by atoms with Crippen LogP contribution in [0.1, 0.15) is 22.8 Å². The summed E-state index contributed by atoms with van der Waals surface area (Å²) in [4.78, 5) is 12.2. The number of hydrogen-bond acceptors (Lipinski definition) is 3. The van der Waals surface area contributed by atoms with Crippen LogP contribution in [0.25, 0.3) is 0 Å². The van der Waals surface area contributed by atoms with E-state index in [4.69, 9.17) is 0 Å². The predicted molar refractivity (Wildman–Crippen MR) is 77.9 cm³/mol. The molecule has 1 aromatic carbocycles. The van der Waals surface area contributed by atoms with Gasteiger partial charge in [-0.1, -0.05) is 6.07 Å². The van der Waals surface area contributed by atoms with Gasteiger partial charge in [0.2, 0.25) is 0 Å². The molecule has 0 aliphatic heterocycles. The van der Waals surface area contributed by atoms with Gasteiger partial charge in [0.05, 0.1) is 22.5 Å². The van der Waals surface area contributed by atoms with Crippen LogP contribution in [0.4, 0.5) is 24.5 Å². The average Bonchev–Trinajstić information content (AvgIpc) is 2.90. The number of carbonyl (C=O) groups excluding carboxylic acids is 1. The van der Waals surface area contributed by atoms with E-state index in [9.17, 15) is 18.0 Å². The second-order valence-electron chi connectivity index (χ2n) is 4.22. The molecule has 0 aliphatic carbocycles. The van der Waals surface area contributed by atoms with Gasteiger partial charge in [0.25, 0.3) is 5.91 Å². The highest BCUT2D eigenvalue weighted by atomic mass is 32.1. The lowest BCUT2D eigenvalue weighted by Crippen LogP contribution is -2.18. The number of nitrogens with one attached hydrogen (secondary N) is 2. The third-order valence-corrected chi connectivity index (χ3v) is 3.43. The molecule has 3 nitrogen and oxygen atoms in total. The molecule has 7 heteroatoms. The Balaban J connectivity index is 2.40. The fourth-order valence-corrected chi connectivity index (χ4v) is 2.47. The van der Waals surface area contributed by atoms with Crippen LogP contribution in [0.15, 0.2) is 35.0 Å². The van der Waals surface area contributed by atoms with E-state index in [1.165, 1.54) is 23.5 Å². The minimum absolute atomic E-state index is 0.0297. The van der Waals surface area contributed by atoms with Crippen molar-refractivity contribution < 1.29 is 18.0 Å². The van der Waals surface area contributed by atoms with E-state index in [1.807, 2.05) is 0 Å². The number of halogens is 3. The highest BCUT2D eigenvalue weighted by Gasteiger charge is 2.35. The van der Waals surface area contributed by atoms with Crippen molar-refractivity contribution >= 4 is 28.6 Å². The lowest BCUT2D eigenvalue weighted by Gasteiger charge is -2.17. The van der Waals surface area contributed by atoms with Gasteiger partial charge in [0, 0.05) is 11.9 Å². The topological polar surface area (TPSA) is 41.1 Å². The summed E-state index contributed by atoms with van der Waals surface area (Å²) >= 11 is 1.39. The quantitative estimate of drug-likeness (QED) is 0.875. The summed E-state index contributed by atoms with van der Waals surface area (Å²) in [5, 5.41) is 8.69. The van der Waals surface area contributed by atoms with Gasteiger partial charge >= 0.3 is 6.18 Å². The van der Waals surface area contributed by atoms with Gasteiger partial charge in [-0.05, 0) is 30.5 Å². The highest BCUT2D eigenvalue weighted by molar-refractivity contribution is 7.08. The first-order chi connectivity index (χ1) is 9.93. The van der Waals surface area contributed by atoms with E-state index in [0.717, 1.165) is 6.07 Å². The summed E-state index contributed by atoms with van der Waals surface area (Å²) in [6.45, 7) is 1.96. The maximum atomic E-state index is 13.0. The Morgan fingerprint density at radius 2 is 2.05 bits per heavy atom. The Morgan fingerprint density at radius 1 is 1.29 bits per heavy atom. The van der Waals surface area contributed by atoms with Crippen LogP contribution in [0.5, 0.6) is 0 Å². The monoisotopic (exact) mass is 314 g/mol. The number of thiophene rings is 1. The van der Waals surface area contributed by atoms with E-state index < -0.39 is 17.6 Å². The molecule has 0 unspecified atom stereocenters. The van der Waals surface area contributed by atoms with Gasteiger partial charge in [-0.15, -0.1) is 0 Å². The molecule has 0 spiro atoms. The summed E-state index contributed by atoms with van der Waals surface area (Å²) in [5.41, 5.74) is -0.509. The number of para-hydroxylation sites is 1. The van der Waals surface area contributed by atoms with E-state index in [0.29, 0.717) is 5.69 Å². The smallest absolute Gasteiger partial charge is 0.384 e. The van der Waals surface area contributed by atoms with Gasteiger partial charge in [-0.25, -0.2) is 0 Å². The summed E-state index contributed by atoms with van der Waals surface area (Å²) in [7, 11) is 0. The summed E-state index contributed by atoms with van der Waals surface area (Å²) < 4.78 is 39.1. The molecule has 0 atom stereocenters. The summed E-state index contributed by atoms with van der Waals surface area (Å²) in [6, 6.07) is 5.24. The van der Waals surface area contributed by atoms with Crippen LogP contribution < -0.4 is 10.6 Å². The largest absolute Gasteiger partial charge is 0.418 e.